The van der Waals surface area contributed by atoms with Crippen LogP contribution in [0.15, 0.2) is 11.1 Å². The van der Waals surface area contributed by atoms with Gasteiger partial charge in [-0.2, -0.15) is 5.10 Å². The van der Waals surface area contributed by atoms with Crippen LogP contribution in [0, 0.1) is 6.92 Å². The number of hydrogen-bond donors (Lipinski definition) is 1. The van der Waals surface area contributed by atoms with E-state index < -0.39 is 16.0 Å². The maximum atomic E-state index is 12.0. The molecule has 0 aliphatic heterocycles. The zero-order valence-corrected chi connectivity index (χ0v) is 10.7. The Morgan fingerprint density at radius 2 is 2.24 bits per heavy atom. The molecule has 1 aromatic rings. The third-order valence-corrected chi connectivity index (χ3v) is 4.30. The summed E-state index contributed by atoms with van der Waals surface area (Å²) in [5, 5.41) is 6.22. The molecule has 0 atom stereocenters. The lowest BCUT2D eigenvalue weighted by atomic mass is 10.4. The topological polar surface area (TPSA) is 92.4 Å². The van der Waals surface area contributed by atoms with Crippen LogP contribution in [0.2, 0.25) is 0 Å². The van der Waals surface area contributed by atoms with Gasteiger partial charge in [-0.1, -0.05) is 0 Å². The number of aromatic amines is 1. The van der Waals surface area contributed by atoms with Gasteiger partial charge in [-0.25, -0.2) is 12.7 Å². The van der Waals surface area contributed by atoms with Crippen molar-refractivity contribution < 1.29 is 17.9 Å². The standard InChI is InChI=1S/C9H15N3O4S/c1-7-8(6-10-11-7)17(14,15)12(2)5-4-9(13)16-3/h6H,4-5H2,1-3H3,(H,10,11). The molecule has 0 radical (unpaired) electrons. The van der Waals surface area contributed by atoms with Crippen molar-refractivity contribution >= 4 is 16.0 Å². The molecular weight excluding hydrogens is 246 g/mol. The summed E-state index contributed by atoms with van der Waals surface area (Å²) in [5.74, 6) is -0.448. The lowest BCUT2D eigenvalue weighted by Gasteiger charge is -2.15. The van der Waals surface area contributed by atoms with Crippen molar-refractivity contribution in [3.63, 3.8) is 0 Å². The van der Waals surface area contributed by atoms with Gasteiger partial charge in [-0.3, -0.25) is 9.89 Å². The van der Waals surface area contributed by atoms with Crippen LogP contribution in [0.3, 0.4) is 0 Å². The number of rotatable bonds is 5. The van der Waals surface area contributed by atoms with E-state index in [2.05, 4.69) is 14.9 Å². The zero-order valence-electron chi connectivity index (χ0n) is 9.93. The quantitative estimate of drug-likeness (QED) is 0.747. The summed E-state index contributed by atoms with van der Waals surface area (Å²) in [4.78, 5) is 11.1. The molecule has 7 nitrogen and oxygen atoms in total. The summed E-state index contributed by atoms with van der Waals surface area (Å²) < 4.78 is 29.6. The summed E-state index contributed by atoms with van der Waals surface area (Å²) in [6.45, 7) is 1.69. The van der Waals surface area contributed by atoms with Crippen molar-refractivity contribution in [1.82, 2.24) is 14.5 Å². The lowest BCUT2D eigenvalue weighted by Crippen LogP contribution is -2.29. The summed E-state index contributed by atoms with van der Waals surface area (Å²) in [6.07, 6.45) is 1.27. The molecule has 96 valence electrons. The molecule has 0 spiro atoms. The van der Waals surface area contributed by atoms with Gasteiger partial charge >= 0.3 is 5.97 Å². The minimum absolute atomic E-state index is 0.0170. The second-order valence-corrected chi connectivity index (χ2v) is 5.53. The normalized spacial score (nSPS) is 11.8. The van der Waals surface area contributed by atoms with Gasteiger partial charge in [0.15, 0.2) is 0 Å². The fourth-order valence-corrected chi connectivity index (χ4v) is 2.52. The molecule has 0 aromatic carbocycles. The number of nitrogens with zero attached hydrogens (tertiary/aromatic N) is 2. The largest absolute Gasteiger partial charge is 0.469 e. The van der Waals surface area contributed by atoms with E-state index in [4.69, 9.17) is 0 Å². The van der Waals surface area contributed by atoms with Crippen LogP contribution in [-0.2, 0) is 19.6 Å². The Hall–Kier alpha value is -1.41. The molecule has 0 fully saturated rings. The van der Waals surface area contributed by atoms with Gasteiger partial charge in [0.1, 0.15) is 4.90 Å². The van der Waals surface area contributed by atoms with E-state index in [9.17, 15) is 13.2 Å². The smallest absolute Gasteiger partial charge is 0.306 e. The Kier molecular flexibility index (Phi) is 4.24. The number of nitrogens with one attached hydrogen (secondary N) is 1. The van der Waals surface area contributed by atoms with Gasteiger partial charge in [-0.15, -0.1) is 0 Å². The molecule has 0 bridgehead atoms. The second-order valence-electron chi connectivity index (χ2n) is 3.51. The molecule has 0 aliphatic rings. The molecule has 17 heavy (non-hydrogen) atoms. The molecule has 0 aliphatic carbocycles. The highest BCUT2D eigenvalue weighted by molar-refractivity contribution is 7.89. The Labute approximate surface area is 99.8 Å². The van der Waals surface area contributed by atoms with Crippen LogP contribution in [0.1, 0.15) is 12.1 Å². The third-order valence-electron chi connectivity index (χ3n) is 2.33. The second kappa shape index (κ2) is 5.28. The van der Waals surface area contributed by atoms with Crippen LogP contribution < -0.4 is 0 Å². The fourth-order valence-electron chi connectivity index (χ4n) is 1.24. The number of aromatic nitrogens is 2. The first-order valence-electron chi connectivity index (χ1n) is 4.92. The average molecular weight is 261 g/mol. The minimum Gasteiger partial charge on any atom is -0.469 e. The lowest BCUT2D eigenvalue weighted by molar-refractivity contribution is -0.140. The number of ether oxygens (including phenoxy) is 1. The van der Waals surface area contributed by atoms with E-state index in [-0.39, 0.29) is 17.9 Å². The number of sulfonamides is 1. The van der Waals surface area contributed by atoms with Crippen molar-refractivity contribution in [2.24, 2.45) is 0 Å². The van der Waals surface area contributed by atoms with Crippen LogP contribution in [0.4, 0.5) is 0 Å². The first-order valence-corrected chi connectivity index (χ1v) is 6.36. The van der Waals surface area contributed by atoms with Crippen LogP contribution in [0.25, 0.3) is 0 Å². The van der Waals surface area contributed by atoms with E-state index in [0.717, 1.165) is 4.31 Å². The average Bonchev–Trinajstić information content (AvgIpc) is 2.72. The molecule has 0 saturated carbocycles. The van der Waals surface area contributed by atoms with Crippen molar-refractivity contribution in [3.8, 4) is 0 Å². The van der Waals surface area contributed by atoms with Crippen LogP contribution in [-0.4, -0.2) is 49.6 Å². The first-order chi connectivity index (χ1) is 7.89. The van der Waals surface area contributed by atoms with Crippen molar-refractivity contribution in [2.45, 2.75) is 18.2 Å². The number of carbonyl (C=O) groups excluding carboxylic acids is 1. The van der Waals surface area contributed by atoms with E-state index >= 15 is 0 Å². The fraction of sp³-hybridized carbons (Fsp3) is 0.556. The van der Waals surface area contributed by atoms with Gasteiger partial charge in [0, 0.05) is 13.6 Å². The Bertz CT molecular complexity index is 494. The van der Waals surface area contributed by atoms with Crippen molar-refractivity contribution in [3.05, 3.63) is 11.9 Å². The maximum Gasteiger partial charge on any atom is 0.306 e. The highest BCUT2D eigenvalue weighted by Gasteiger charge is 2.24. The number of esters is 1. The van der Waals surface area contributed by atoms with Gasteiger partial charge in [-0.05, 0) is 6.92 Å². The predicted octanol–water partition coefficient (Wildman–Crippen LogP) is -0.0983. The molecular formula is C9H15N3O4S. The summed E-state index contributed by atoms with van der Waals surface area (Å²) >= 11 is 0. The number of carbonyl (C=O) groups is 1. The Morgan fingerprint density at radius 1 is 1.59 bits per heavy atom. The monoisotopic (exact) mass is 261 g/mol. The van der Waals surface area contributed by atoms with E-state index in [1.165, 1.54) is 20.4 Å². The first kappa shape index (κ1) is 13.7. The number of aryl methyl sites for hydroxylation is 1. The predicted molar refractivity (Wildman–Crippen MR) is 59.8 cm³/mol. The zero-order chi connectivity index (χ0) is 13.1. The van der Waals surface area contributed by atoms with Gasteiger partial charge in [0.25, 0.3) is 0 Å². The van der Waals surface area contributed by atoms with E-state index in [0.29, 0.717) is 5.69 Å². The molecule has 0 saturated heterocycles. The van der Waals surface area contributed by atoms with Crippen molar-refractivity contribution in [1.29, 1.82) is 0 Å². The highest BCUT2D eigenvalue weighted by atomic mass is 32.2. The third kappa shape index (κ3) is 3.04. The molecule has 1 rings (SSSR count). The SMILES string of the molecule is COC(=O)CCN(C)S(=O)(=O)c1cn[nH]c1C. The maximum absolute atomic E-state index is 12.0. The highest BCUT2D eigenvalue weighted by Crippen LogP contribution is 2.16. The molecule has 0 unspecified atom stereocenters. The van der Waals surface area contributed by atoms with Gasteiger partial charge in [0.05, 0.1) is 25.4 Å². The molecule has 1 N–H and O–H groups in total. The van der Waals surface area contributed by atoms with Crippen molar-refractivity contribution in [2.75, 3.05) is 20.7 Å². The van der Waals surface area contributed by atoms with E-state index in [1.54, 1.807) is 6.92 Å². The number of H-pyrrole nitrogens is 1. The molecule has 1 heterocycles. The summed E-state index contributed by atoms with van der Waals surface area (Å²) in [6, 6.07) is 0. The minimum atomic E-state index is -3.60. The Morgan fingerprint density at radius 3 is 2.71 bits per heavy atom. The van der Waals surface area contributed by atoms with Crippen LogP contribution >= 0.6 is 0 Å². The molecule has 1 aromatic heterocycles. The Balaban J connectivity index is 2.78. The number of hydrogen-bond acceptors (Lipinski definition) is 5. The molecule has 0 amide bonds. The summed E-state index contributed by atoms with van der Waals surface area (Å²) in [5.41, 5.74) is 0.468. The van der Waals surface area contributed by atoms with Crippen LogP contribution in [0.5, 0.6) is 0 Å². The van der Waals surface area contributed by atoms with Gasteiger partial charge < -0.3 is 4.74 Å². The number of methoxy groups -OCH3 is 1. The van der Waals surface area contributed by atoms with Gasteiger partial charge in [0.2, 0.25) is 10.0 Å². The van der Waals surface area contributed by atoms with E-state index in [1.807, 2.05) is 0 Å². The molecule has 8 heteroatoms. The summed E-state index contributed by atoms with van der Waals surface area (Å²) in [7, 11) is -0.930.